The Morgan fingerprint density at radius 2 is 1.93 bits per heavy atom. The fourth-order valence-electron chi connectivity index (χ4n) is 3.33. The summed E-state index contributed by atoms with van der Waals surface area (Å²) in [6, 6.07) is 2.10. The summed E-state index contributed by atoms with van der Waals surface area (Å²) in [5, 5.41) is 8.53. The molecule has 0 aromatic heterocycles. The van der Waals surface area contributed by atoms with Crippen LogP contribution in [0, 0.1) is 40.4 Å². The largest absolute Gasteiger partial charge is 0.193 e. The van der Waals surface area contributed by atoms with Crippen LogP contribution in [0.3, 0.4) is 0 Å². The molecule has 0 saturated heterocycles. The van der Waals surface area contributed by atoms with Crippen molar-refractivity contribution in [2.75, 3.05) is 0 Å². The topological polar surface area (TPSA) is 23.8 Å². The lowest BCUT2D eigenvalue weighted by atomic mass is 9.80. The van der Waals surface area contributed by atoms with E-state index in [0.29, 0.717) is 11.3 Å². The van der Waals surface area contributed by atoms with E-state index in [1.165, 1.54) is 12.8 Å². The molecule has 2 fully saturated rings. The molecule has 2 aliphatic rings. The molecule has 1 nitrogen and oxygen atoms in total. The van der Waals surface area contributed by atoms with Gasteiger partial charge in [0.1, 0.15) is 0 Å². The van der Waals surface area contributed by atoms with Crippen LogP contribution in [0.5, 0.6) is 0 Å². The Kier molecular flexibility index (Phi) is 2.18. The van der Waals surface area contributed by atoms with Gasteiger partial charge in [0.25, 0.3) is 0 Å². The number of nitriles is 1. The molecule has 0 N–H and O–H groups in total. The maximum atomic E-state index is 8.53. The van der Waals surface area contributed by atoms with Crippen molar-refractivity contribution in [3.63, 3.8) is 0 Å². The van der Waals surface area contributed by atoms with E-state index in [0.717, 1.165) is 17.8 Å². The zero-order valence-corrected chi connectivity index (χ0v) is 9.33. The van der Waals surface area contributed by atoms with Crippen molar-refractivity contribution in [1.82, 2.24) is 0 Å². The summed E-state index contributed by atoms with van der Waals surface area (Å²) in [7, 11) is 0. The van der Waals surface area contributed by atoms with Crippen molar-refractivity contribution in [3.05, 3.63) is 12.2 Å². The first kappa shape index (κ1) is 9.77. The van der Waals surface area contributed by atoms with Crippen molar-refractivity contribution < 1.29 is 0 Å². The Balaban J connectivity index is 2.03. The summed E-state index contributed by atoms with van der Waals surface area (Å²) in [5.74, 6) is 3.30. The van der Waals surface area contributed by atoms with Crippen molar-refractivity contribution in [3.8, 4) is 6.07 Å². The number of rotatable bonds is 1. The fourth-order valence-corrected chi connectivity index (χ4v) is 3.33. The number of hydrogen-bond acceptors (Lipinski definition) is 1. The van der Waals surface area contributed by atoms with E-state index in [9.17, 15) is 0 Å². The predicted molar refractivity (Wildman–Crippen MR) is 57.4 cm³/mol. The summed E-state index contributed by atoms with van der Waals surface area (Å²) in [6.45, 7) is 7.12. The average Bonchev–Trinajstić information content (AvgIpc) is 2.65. The molecular formula is C13H19N. The fraction of sp³-hybridized carbons (Fsp3) is 0.769. The van der Waals surface area contributed by atoms with Crippen LogP contribution < -0.4 is 0 Å². The minimum absolute atomic E-state index is 0.587. The molecule has 0 aromatic carbocycles. The third kappa shape index (κ3) is 1.38. The monoisotopic (exact) mass is 189 g/mol. The van der Waals surface area contributed by atoms with E-state index in [2.05, 4.69) is 32.9 Å². The van der Waals surface area contributed by atoms with Crippen LogP contribution in [0.15, 0.2) is 12.2 Å². The van der Waals surface area contributed by atoms with Crippen LogP contribution in [0.25, 0.3) is 0 Å². The van der Waals surface area contributed by atoms with E-state index in [-0.39, 0.29) is 0 Å². The highest BCUT2D eigenvalue weighted by Crippen LogP contribution is 2.66. The van der Waals surface area contributed by atoms with Gasteiger partial charge in [-0.15, -0.1) is 0 Å². The molecule has 76 valence electrons. The number of fused-ring (bicyclic) bond motifs is 1. The molecule has 4 atom stereocenters. The Morgan fingerprint density at radius 1 is 1.29 bits per heavy atom. The second-order valence-corrected chi connectivity index (χ2v) is 5.64. The third-order valence-corrected chi connectivity index (χ3v) is 4.59. The van der Waals surface area contributed by atoms with Gasteiger partial charge >= 0.3 is 0 Å². The lowest BCUT2D eigenvalue weighted by Crippen LogP contribution is -2.16. The zero-order chi connectivity index (χ0) is 10.3. The van der Waals surface area contributed by atoms with E-state index >= 15 is 0 Å². The molecular weight excluding hydrogens is 170 g/mol. The SMILES string of the molecule is C[C@H]1C[C@@H]2C(C[C@H]1C=CC#N)C2(C)C. The molecule has 0 heterocycles. The second-order valence-electron chi connectivity index (χ2n) is 5.64. The van der Waals surface area contributed by atoms with Crippen molar-refractivity contribution in [2.45, 2.75) is 33.6 Å². The first-order valence-electron chi connectivity index (χ1n) is 5.63. The van der Waals surface area contributed by atoms with Crippen molar-refractivity contribution in [2.24, 2.45) is 29.1 Å². The van der Waals surface area contributed by atoms with E-state index in [1.807, 2.05) is 0 Å². The Labute approximate surface area is 86.8 Å². The molecule has 0 aliphatic heterocycles. The van der Waals surface area contributed by atoms with Gasteiger partial charge in [-0.25, -0.2) is 0 Å². The average molecular weight is 189 g/mol. The highest BCUT2D eigenvalue weighted by atomic mass is 14.6. The summed E-state index contributed by atoms with van der Waals surface area (Å²) >= 11 is 0. The minimum atomic E-state index is 0.587. The lowest BCUT2D eigenvalue weighted by molar-refractivity contribution is 0.293. The standard InChI is InChI=1S/C13H19N/c1-9-7-11-12(13(11,2)3)8-10(9)5-4-6-14/h4-5,9-12H,7-8H2,1-3H3/t9-,10+,11+,12?/m0/s1. The molecule has 2 aliphatic carbocycles. The van der Waals surface area contributed by atoms with Crippen LogP contribution in [-0.4, -0.2) is 0 Å². The summed E-state index contributed by atoms with van der Waals surface area (Å²) < 4.78 is 0. The van der Waals surface area contributed by atoms with Crippen LogP contribution in [0.1, 0.15) is 33.6 Å². The molecule has 2 saturated carbocycles. The van der Waals surface area contributed by atoms with Crippen molar-refractivity contribution >= 4 is 0 Å². The van der Waals surface area contributed by atoms with E-state index in [1.54, 1.807) is 6.08 Å². The quantitative estimate of drug-likeness (QED) is 0.580. The van der Waals surface area contributed by atoms with Gasteiger partial charge in [-0.3, -0.25) is 0 Å². The van der Waals surface area contributed by atoms with Crippen LogP contribution in [-0.2, 0) is 0 Å². The Bertz CT molecular complexity index is 295. The number of allylic oxidation sites excluding steroid dienone is 2. The highest BCUT2D eigenvalue weighted by molar-refractivity contribution is 5.13. The van der Waals surface area contributed by atoms with Gasteiger partial charge in [-0.2, -0.15) is 5.26 Å². The second kappa shape index (κ2) is 3.12. The summed E-state index contributed by atoms with van der Waals surface area (Å²) in [4.78, 5) is 0. The smallest absolute Gasteiger partial charge is 0.0908 e. The Morgan fingerprint density at radius 3 is 2.57 bits per heavy atom. The number of hydrogen-bond donors (Lipinski definition) is 0. The van der Waals surface area contributed by atoms with Crippen LogP contribution >= 0.6 is 0 Å². The van der Waals surface area contributed by atoms with Gasteiger partial charge < -0.3 is 0 Å². The predicted octanol–water partition coefficient (Wildman–Crippen LogP) is 3.38. The highest BCUT2D eigenvalue weighted by Gasteiger charge is 2.60. The maximum Gasteiger partial charge on any atom is 0.0908 e. The molecule has 0 spiro atoms. The molecule has 0 bridgehead atoms. The van der Waals surface area contributed by atoms with E-state index in [4.69, 9.17) is 5.26 Å². The summed E-state index contributed by atoms with van der Waals surface area (Å²) in [5.41, 5.74) is 0.587. The first-order chi connectivity index (χ1) is 6.57. The molecule has 2 rings (SSSR count). The van der Waals surface area contributed by atoms with Crippen molar-refractivity contribution in [1.29, 1.82) is 5.26 Å². The van der Waals surface area contributed by atoms with Gasteiger partial charge in [0.05, 0.1) is 6.07 Å². The van der Waals surface area contributed by atoms with Gasteiger partial charge in [-0.1, -0.05) is 26.8 Å². The molecule has 14 heavy (non-hydrogen) atoms. The maximum absolute atomic E-state index is 8.53. The van der Waals surface area contributed by atoms with Crippen LogP contribution in [0.2, 0.25) is 0 Å². The number of nitrogens with zero attached hydrogens (tertiary/aromatic N) is 1. The molecule has 1 heteroatoms. The van der Waals surface area contributed by atoms with Gasteiger partial charge in [0.2, 0.25) is 0 Å². The molecule has 0 aromatic rings. The minimum Gasteiger partial charge on any atom is -0.193 e. The molecule has 0 radical (unpaired) electrons. The van der Waals surface area contributed by atoms with Crippen LogP contribution in [0.4, 0.5) is 0 Å². The third-order valence-electron chi connectivity index (χ3n) is 4.59. The molecule has 1 unspecified atom stereocenters. The molecule has 0 amide bonds. The van der Waals surface area contributed by atoms with Gasteiger partial charge in [-0.05, 0) is 41.9 Å². The van der Waals surface area contributed by atoms with Gasteiger partial charge in [0.15, 0.2) is 0 Å². The lowest BCUT2D eigenvalue weighted by Gasteiger charge is -2.25. The first-order valence-corrected chi connectivity index (χ1v) is 5.63. The normalized spacial score (nSPS) is 44.4. The van der Waals surface area contributed by atoms with E-state index < -0.39 is 0 Å². The Hall–Kier alpha value is -0.770. The zero-order valence-electron chi connectivity index (χ0n) is 9.33. The summed E-state index contributed by atoms with van der Waals surface area (Å²) in [6.07, 6.45) is 6.45. The van der Waals surface area contributed by atoms with Gasteiger partial charge in [0, 0.05) is 6.08 Å².